The summed E-state index contributed by atoms with van der Waals surface area (Å²) in [6.07, 6.45) is 9.00. The van der Waals surface area contributed by atoms with Crippen LogP contribution < -0.4 is 4.74 Å². The molecule has 0 aliphatic carbocycles. The van der Waals surface area contributed by atoms with E-state index in [4.69, 9.17) is 9.47 Å². The maximum absolute atomic E-state index is 14.3. The molecule has 39 heavy (non-hydrogen) atoms. The monoisotopic (exact) mass is 579 g/mol. The van der Waals surface area contributed by atoms with Gasteiger partial charge in [0.25, 0.3) is 0 Å². The molecule has 0 saturated heterocycles. The smallest absolute Gasteiger partial charge is 0.370 e. The van der Waals surface area contributed by atoms with E-state index < -0.39 is 28.1 Å². The molecule has 1 unspecified atom stereocenters. The van der Waals surface area contributed by atoms with Crippen molar-refractivity contribution >= 4 is 28.5 Å². The number of nitrogens with zero attached hydrogens (tertiary/aromatic N) is 1. The minimum atomic E-state index is -3.44. The largest absolute Gasteiger partial charge is 0.461 e. The Balaban J connectivity index is 2.23. The predicted octanol–water partition coefficient (Wildman–Crippen LogP) is 8.77. The summed E-state index contributed by atoms with van der Waals surface area (Å²) in [6, 6.07) is 13.7. The highest BCUT2D eigenvalue weighted by Crippen LogP contribution is 2.63. The van der Waals surface area contributed by atoms with E-state index in [1.165, 1.54) is 11.8 Å². The van der Waals surface area contributed by atoms with E-state index in [0.717, 1.165) is 56.1 Å². The fourth-order valence-electron chi connectivity index (χ4n) is 5.36. The number of thioether (sulfide) groups is 1. The van der Waals surface area contributed by atoms with Crippen LogP contribution in [0, 0.1) is 0 Å². The fourth-order valence-corrected chi connectivity index (χ4v) is 7.78. The Kier molecular flexibility index (Phi) is 11.3. The Hall–Kier alpha value is -2.04. The second kappa shape index (κ2) is 14.0. The van der Waals surface area contributed by atoms with Crippen molar-refractivity contribution in [2.45, 2.75) is 87.0 Å². The Labute approximate surface area is 238 Å². The van der Waals surface area contributed by atoms with Gasteiger partial charge in [0.1, 0.15) is 12.0 Å². The van der Waals surface area contributed by atoms with Crippen molar-refractivity contribution in [2.75, 3.05) is 19.9 Å². The minimum Gasteiger partial charge on any atom is -0.461 e. The van der Waals surface area contributed by atoms with Gasteiger partial charge in [-0.1, -0.05) is 69.9 Å². The van der Waals surface area contributed by atoms with Crippen LogP contribution in [0.15, 0.2) is 64.3 Å². The zero-order valence-electron chi connectivity index (χ0n) is 23.6. The van der Waals surface area contributed by atoms with Gasteiger partial charge in [-0.05, 0) is 49.6 Å². The van der Waals surface area contributed by atoms with Crippen LogP contribution >= 0.6 is 22.5 Å². The first-order chi connectivity index (χ1) is 18.6. The van der Waals surface area contributed by atoms with E-state index in [-0.39, 0.29) is 18.3 Å². The lowest BCUT2D eigenvalue weighted by Gasteiger charge is -2.51. The van der Waals surface area contributed by atoms with E-state index >= 15 is 0 Å². The lowest BCUT2D eigenvalue weighted by atomic mass is 9.75. The number of carbonyl (C=O) groups excluding carboxylic acids is 1. The Morgan fingerprint density at radius 1 is 1.15 bits per heavy atom. The number of benzene rings is 2. The van der Waals surface area contributed by atoms with E-state index in [9.17, 15) is 18.3 Å². The number of unbranched alkanes of at least 4 members (excludes halogenated alkanes) is 2. The first kappa shape index (κ1) is 31.5. The standard InChI is InChI=1S/C30H42FNO5S2/c1-6-9-16-30(17-10-7-2)20-24(22-14-12-11-13-15-22)23-18-27(38-5)26(19-28(23)39(34,35)32(30)4)37-21-25(31)29(33)36-8-3/h11-15,18-19,21,24,34-35H,6-10,16-17,20H2,1-5H3/b25-21-. The van der Waals surface area contributed by atoms with Crippen molar-refractivity contribution in [1.82, 2.24) is 4.31 Å². The molecule has 1 atom stereocenters. The molecule has 1 heterocycles. The van der Waals surface area contributed by atoms with Crippen LogP contribution in [0.5, 0.6) is 5.75 Å². The molecule has 1 aliphatic rings. The Bertz CT molecular complexity index is 1130. The number of hydrogen-bond donors (Lipinski definition) is 2. The van der Waals surface area contributed by atoms with Gasteiger partial charge in [0, 0.05) is 24.6 Å². The summed E-state index contributed by atoms with van der Waals surface area (Å²) in [5, 5.41) is 0. The van der Waals surface area contributed by atoms with Crippen molar-refractivity contribution < 1.29 is 27.8 Å². The van der Waals surface area contributed by atoms with Gasteiger partial charge in [0.05, 0.1) is 16.4 Å². The molecular formula is C30H42FNO5S2. The van der Waals surface area contributed by atoms with E-state index in [0.29, 0.717) is 16.1 Å². The first-order valence-electron chi connectivity index (χ1n) is 13.6. The number of rotatable bonds is 12. The molecule has 6 nitrogen and oxygen atoms in total. The Morgan fingerprint density at radius 2 is 1.79 bits per heavy atom. The molecule has 0 aromatic heterocycles. The van der Waals surface area contributed by atoms with Crippen LogP contribution in [0.25, 0.3) is 0 Å². The van der Waals surface area contributed by atoms with Crippen LogP contribution in [0.2, 0.25) is 0 Å². The number of halogens is 1. The maximum atomic E-state index is 14.3. The molecule has 0 saturated carbocycles. The molecule has 3 rings (SSSR count). The van der Waals surface area contributed by atoms with Gasteiger partial charge in [0.2, 0.25) is 5.83 Å². The summed E-state index contributed by atoms with van der Waals surface area (Å²) in [6.45, 7) is 5.95. The highest BCUT2D eigenvalue weighted by molar-refractivity contribution is 8.22. The summed E-state index contributed by atoms with van der Waals surface area (Å²) >= 11 is 1.41. The zero-order valence-corrected chi connectivity index (χ0v) is 25.2. The van der Waals surface area contributed by atoms with Gasteiger partial charge >= 0.3 is 5.97 Å². The molecule has 0 fully saturated rings. The van der Waals surface area contributed by atoms with Crippen molar-refractivity contribution in [2.24, 2.45) is 0 Å². The number of esters is 1. The van der Waals surface area contributed by atoms with E-state index in [2.05, 4.69) is 26.0 Å². The summed E-state index contributed by atoms with van der Waals surface area (Å²) in [5.41, 5.74) is 1.51. The maximum Gasteiger partial charge on any atom is 0.370 e. The quantitative estimate of drug-likeness (QED) is 0.113. The molecule has 2 aromatic carbocycles. The van der Waals surface area contributed by atoms with Gasteiger partial charge in [-0.2, -0.15) is 8.70 Å². The average molecular weight is 580 g/mol. The van der Waals surface area contributed by atoms with Gasteiger partial charge in [-0.3, -0.25) is 9.11 Å². The number of carbonyl (C=O) groups is 1. The molecule has 0 spiro atoms. The van der Waals surface area contributed by atoms with Crippen LogP contribution in [0.1, 0.15) is 82.8 Å². The molecule has 0 amide bonds. The molecule has 0 bridgehead atoms. The third kappa shape index (κ3) is 7.00. The third-order valence-electron chi connectivity index (χ3n) is 7.55. The number of fused-ring (bicyclic) bond motifs is 1. The molecule has 216 valence electrons. The molecule has 2 aromatic rings. The molecule has 2 N–H and O–H groups in total. The van der Waals surface area contributed by atoms with Crippen LogP contribution in [0.3, 0.4) is 0 Å². The predicted molar refractivity (Wildman–Crippen MR) is 158 cm³/mol. The summed E-state index contributed by atoms with van der Waals surface area (Å²) in [7, 11) is -1.62. The topological polar surface area (TPSA) is 79.2 Å². The van der Waals surface area contributed by atoms with Crippen LogP contribution in [0.4, 0.5) is 4.39 Å². The molecule has 9 heteroatoms. The van der Waals surface area contributed by atoms with Crippen molar-refractivity contribution in [3.63, 3.8) is 0 Å². The molecule has 1 aliphatic heterocycles. The zero-order chi connectivity index (χ0) is 28.6. The summed E-state index contributed by atoms with van der Waals surface area (Å²) in [4.78, 5) is 12.8. The highest BCUT2D eigenvalue weighted by atomic mass is 32.3. The van der Waals surface area contributed by atoms with Crippen molar-refractivity contribution in [3.05, 3.63) is 65.7 Å². The fraction of sp³-hybridized carbons (Fsp3) is 0.500. The normalized spacial score (nSPS) is 19.6. The SMILES string of the molecule is CCCCC1(CCCC)CC(c2ccccc2)c2cc(SC)c(O/C=C(\F)C(=O)OCC)cc2S(O)(O)N1C. The van der Waals surface area contributed by atoms with Crippen molar-refractivity contribution in [3.8, 4) is 5.75 Å². The lowest BCUT2D eigenvalue weighted by molar-refractivity contribution is -0.140. The first-order valence-corrected chi connectivity index (χ1v) is 16.4. The van der Waals surface area contributed by atoms with Crippen molar-refractivity contribution in [1.29, 1.82) is 0 Å². The van der Waals surface area contributed by atoms with E-state index in [1.54, 1.807) is 13.0 Å². The molecule has 0 radical (unpaired) electrons. The Morgan fingerprint density at radius 3 is 2.36 bits per heavy atom. The second-order valence-corrected chi connectivity index (χ2v) is 12.8. The van der Waals surface area contributed by atoms with Gasteiger partial charge < -0.3 is 9.47 Å². The molecular weight excluding hydrogens is 537 g/mol. The highest BCUT2D eigenvalue weighted by Gasteiger charge is 2.47. The minimum absolute atomic E-state index is 0.0426. The van der Waals surface area contributed by atoms with Gasteiger partial charge in [0.15, 0.2) is 0 Å². The van der Waals surface area contributed by atoms with E-state index in [1.807, 2.05) is 41.9 Å². The van der Waals surface area contributed by atoms with Crippen LogP contribution in [-0.4, -0.2) is 44.8 Å². The number of ether oxygens (including phenoxy) is 2. The second-order valence-electron chi connectivity index (χ2n) is 9.96. The number of hydrogen-bond acceptors (Lipinski definition) is 7. The summed E-state index contributed by atoms with van der Waals surface area (Å²) in [5.74, 6) is -2.11. The van der Waals surface area contributed by atoms with Crippen LogP contribution in [-0.2, 0) is 9.53 Å². The van der Waals surface area contributed by atoms with Gasteiger partial charge in [-0.15, -0.1) is 22.5 Å². The van der Waals surface area contributed by atoms with Gasteiger partial charge in [-0.25, -0.2) is 4.79 Å². The average Bonchev–Trinajstić information content (AvgIpc) is 3.01. The lowest BCUT2D eigenvalue weighted by Crippen LogP contribution is -2.47. The third-order valence-corrected chi connectivity index (χ3v) is 10.4. The summed E-state index contributed by atoms with van der Waals surface area (Å²) < 4.78 is 50.3.